The van der Waals surface area contributed by atoms with Crippen molar-refractivity contribution in [1.82, 2.24) is 14.7 Å². The zero-order chi connectivity index (χ0) is 21.5. The Morgan fingerprint density at radius 2 is 1.90 bits per heavy atom. The summed E-state index contributed by atoms with van der Waals surface area (Å²) >= 11 is 0. The highest BCUT2D eigenvalue weighted by Crippen LogP contribution is 2.38. The van der Waals surface area contributed by atoms with Crippen LogP contribution in [0, 0.1) is 11.8 Å². The molecule has 1 aromatic heterocycles. The third-order valence-electron chi connectivity index (χ3n) is 7.23. The van der Waals surface area contributed by atoms with E-state index in [-0.39, 0.29) is 23.3 Å². The summed E-state index contributed by atoms with van der Waals surface area (Å²) in [4.78, 5) is 15.1. The lowest BCUT2D eigenvalue weighted by molar-refractivity contribution is -0.138. The normalized spacial score (nSPS) is 28.3. The molecule has 7 heteroatoms. The lowest BCUT2D eigenvalue weighted by atomic mass is 9.84. The van der Waals surface area contributed by atoms with Gasteiger partial charge in [-0.25, -0.2) is 13.5 Å². The van der Waals surface area contributed by atoms with Crippen molar-refractivity contribution in [2.75, 3.05) is 18.4 Å². The second-order valence-corrected chi connectivity index (χ2v) is 10.5. The summed E-state index contributed by atoms with van der Waals surface area (Å²) in [6.07, 6.45) is 5.36. The molecule has 30 heavy (non-hydrogen) atoms. The number of piperidine rings is 1. The highest BCUT2D eigenvalue weighted by molar-refractivity contribution is 5.79. The summed E-state index contributed by atoms with van der Waals surface area (Å²) in [5.74, 6) is 1.36. The van der Waals surface area contributed by atoms with E-state index >= 15 is 0 Å². The van der Waals surface area contributed by atoms with Gasteiger partial charge in [0.25, 0.3) is 6.43 Å². The van der Waals surface area contributed by atoms with Gasteiger partial charge in [-0.2, -0.15) is 5.10 Å². The minimum atomic E-state index is -2.45. The van der Waals surface area contributed by atoms with Crippen LogP contribution in [0.4, 0.5) is 14.6 Å². The number of aromatic nitrogens is 2. The molecule has 1 aliphatic carbocycles. The Kier molecular flexibility index (Phi) is 6.08. The van der Waals surface area contributed by atoms with Gasteiger partial charge >= 0.3 is 0 Å². The molecule has 1 N–H and O–H groups in total. The molecule has 168 valence electrons. The van der Waals surface area contributed by atoms with E-state index in [4.69, 9.17) is 0 Å². The van der Waals surface area contributed by atoms with Crippen molar-refractivity contribution in [3.63, 3.8) is 0 Å². The number of hydrogen-bond acceptors (Lipinski definition) is 3. The van der Waals surface area contributed by atoms with E-state index in [0.717, 1.165) is 50.8 Å². The molecule has 2 aliphatic heterocycles. The number of carbonyl (C=O) groups is 1. The SMILES string of the molecule is CC(C)(C)c1cc2n(n1)[C@@H](C(F)F)C[C@@H](C1CCCN(C(=O)C3CCCCC3)C1)N2. The lowest BCUT2D eigenvalue weighted by Gasteiger charge is -2.42. The quantitative estimate of drug-likeness (QED) is 0.747. The second kappa shape index (κ2) is 8.46. The Labute approximate surface area is 178 Å². The van der Waals surface area contributed by atoms with Crippen molar-refractivity contribution in [2.45, 2.75) is 96.1 Å². The highest BCUT2D eigenvalue weighted by Gasteiger charge is 2.40. The molecule has 2 fully saturated rings. The summed E-state index contributed by atoms with van der Waals surface area (Å²) in [6, 6.07) is 0.963. The number of carbonyl (C=O) groups excluding carboxylic acids is 1. The van der Waals surface area contributed by atoms with Gasteiger partial charge in [0, 0.05) is 36.5 Å². The molecule has 0 aromatic carbocycles. The number of nitrogens with one attached hydrogen (secondary N) is 1. The molecule has 3 heterocycles. The van der Waals surface area contributed by atoms with Crippen LogP contribution in [-0.4, -0.2) is 46.1 Å². The van der Waals surface area contributed by atoms with Gasteiger partial charge in [0.15, 0.2) is 0 Å². The van der Waals surface area contributed by atoms with E-state index in [2.05, 4.69) is 10.4 Å². The van der Waals surface area contributed by atoms with Crippen LogP contribution in [0.25, 0.3) is 0 Å². The van der Waals surface area contributed by atoms with Crippen molar-refractivity contribution in [3.05, 3.63) is 11.8 Å². The molecule has 3 aliphatic rings. The van der Waals surface area contributed by atoms with E-state index in [9.17, 15) is 13.6 Å². The van der Waals surface area contributed by atoms with E-state index < -0.39 is 12.5 Å². The summed E-state index contributed by atoms with van der Waals surface area (Å²) in [7, 11) is 0. The summed E-state index contributed by atoms with van der Waals surface area (Å²) in [5.41, 5.74) is 0.636. The first kappa shape index (κ1) is 21.6. The van der Waals surface area contributed by atoms with Gasteiger partial charge in [-0.05, 0) is 38.0 Å². The van der Waals surface area contributed by atoms with Gasteiger partial charge in [-0.15, -0.1) is 0 Å². The number of rotatable bonds is 3. The maximum atomic E-state index is 13.9. The van der Waals surface area contributed by atoms with Crippen LogP contribution in [0.5, 0.6) is 0 Å². The first-order valence-electron chi connectivity index (χ1n) is 11.7. The molecule has 1 unspecified atom stereocenters. The Hall–Kier alpha value is -1.66. The van der Waals surface area contributed by atoms with Crippen LogP contribution in [0.3, 0.4) is 0 Å². The average Bonchev–Trinajstić information content (AvgIpc) is 3.18. The smallest absolute Gasteiger partial charge is 0.260 e. The summed E-state index contributed by atoms with van der Waals surface area (Å²) in [5, 5.41) is 8.03. The number of nitrogens with zero attached hydrogens (tertiary/aromatic N) is 3. The topological polar surface area (TPSA) is 50.2 Å². The monoisotopic (exact) mass is 422 g/mol. The molecule has 1 saturated carbocycles. The van der Waals surface area contributed by atoms with Crippen LogP contribution in [0.15, 0.2) is 6.07 Å². The third kappa shape index (κ3) is 4.35. The predicted molar refractivity (Wildman–Crippen MR) is 114 cm³/mol. The van der Waals surface area contributed by atoms with Crippen molar-refractivity contribution in [1.29, 1.82) is 0 Å². The number of fused-ring (bicyclic) bond motifs is 1. The Morgan fingerprint density at radius 1 is 1.17 bits per heavy atom. The Bertz CT molecular complexity index is 751. The van der Waals surface area contributed by atoms with E-state index in [1.165, 1.54) is 11.1 Å². The van der Waals surface area contributed by atoms with Gasteiger partial charge in [-0.1, -0.05) is 40.0 Å². The molecule has 0 bridgehead atoms. The van der Waals surface area contributed by atoms with Crippen LogP contribution in [0.1, 0.15) is 83.9 Å². The molecule has 5 nitrogen and oxygen atoms in total. The number of alkyl halides is 2. The highest BCUT2D eigenvalue weighted by atomic mass is 19.3. The first-order valence-corrected chi connectivity index (χ1v) is 11.7. The van der Waals surface area contributed by atoms with E-state index in [1.807, 2.05) is 31.7 Å². The zero-order valence-electron chi connectivity index (χ0n) is 18.5. The molecular weight excluding hydrogens is 386 g/mol. The lowest BCUT2D eigenvalue weighted by Crippen LogP contribution is -2.49. The van der Waals surface area contributed by atoms with Crippen molar-refractivity contribution < 1.29 is 13.6 Å². The van der Waals surface area contributed by atoms with Gasteiger partial charge in [0.1, 0.15) is 11.9 Å². The minimum absolute atomic E-state index is 0.0528. The van der Waals surface area contributed by atoms with Crippen LogP contribution < -0.4 is 5.32 Å². The largest absolute Gasteiger partial charge is 0.367 e. The molecule has 4 rings (SSSR count). The maximum Gasteiger partial charge on any atom is 0.260 e. The molecule has 1 amide bonds. The molecule has 1 saturated heterocycles. The van der Waals surface area contributed by atoms with Crippen molar-refractivity contribution >= 4 is 11.7 Å². The molecule has 0 radical (unpaired) electrons. The van der Waals surface area contributed by atoms with Gasteiger partial charge in [0.2, 0.25) is 5.91 Å². The molecule has 1 aromatic rings. The van der Waals surface area contributed by atoms with E-state index in [1.54, 1.807) is 0 Å². The second-order valence-electron chi connectivity index (χ2n) is 10.5. The maximum absolute atomic E-state index is 13.9. The number of hydrogen-bond donors (Lipinski definition) is 1. The van der Waals surface area contributed by atoms with Crippen molar-refractivity contribution in [2.24, 2.45) is 11.8 Å². The average molecular weight is 423 g/mol. The minimum Gasteiger partial charge on any atom is -0.367 e. The van der Waals surface area contributed by atoms with Crippen molar-refractivity contribution in [3.8, 4) is 0 Å². The van der Waals surface area contributed by atoms with Crippen LogP contribution in [0.2, 0.25) is 0 Å². The third-order valence-corrected chi connectivity index (χ3v) is 7.23. The number of anilines is 1. The Morgan fingerprint density at radius 3 is 2.57 bits per heavy atom. The standard InChI is InChI=1S/C23H36F2N4O/c1-23(2,3)19-13-20-26-17(12-18(21(24)25)29(20)27-19)16-10-7-11-28(14-16)22(30)15-8-5-4-6-9-15/h13,15-18,21,26H,4-12,14H2,1-3H3/t16?,17-,18+/m0/s1. The summed E-state index contributed by atoms with van der Waals surface area (Å²) in [6.45, 7) is 7.64. The predicted octanol–water partition coefficient (Wildman–Crippen LogP) is 4.99. The van der Waals surface area contributed by atoms with Gasteiger partial charge in [0.05, 0.1) is 5.69 Å². The zero-order valence-corrected chi connectivity index (χ0v) is 18.5. The fraction of sp³-hybridized carbons (Fsp3) is 0.826. The van der Waals surface area contributed by atoms with E-state index in [0.29, 0.717) is 24.7 Å². The summed E-state index contributed by atoms with van der Waals surface area (Å²) < 4.78 is 29.4. The van der Waals surface area contributed by atoms with Gasteiger partial charge in [-0.3, -0.25) is 4.79 Å². The number of likely N-dealkylation sites (tertiary alicyclic amines) is 1. The van der Waals surface area contributed by atoms with Crippen LogP contribution >= 0.6 is 0 Å². The molecule has 3 atom stereocenters. The van der Waals surface area contributed by atoms with Gasteiger partial charge < -0.3 is 10.2 Å². The first-order chi connectivity index (χ1) is 14.2. The molecule has 0 spiro atoms. The number of halogens is 2. The number of amides is 1. The fourth-order valence-electron chi connectivity index (χ4n) is 5.40. The van der Waals surface area contributed by atoms with Crippen LogP contribution in [-0.2, 0) is 10.2 Å². The molecular formula is C23H36F2N4O. The fourth-order valence-corrected chi connectivity index (χ4v) is 5.40. The Balaban J connectivity index is 1.49.